The number of carbonyl (C=O) groups is 3. The van der Waals surface area contributed by atoms with Crippen molar-refractivity contribution in [1.29, 1.82) is 0 Å². The van der Waals surface area contributed by atoms with Gasteiger partial charge in [-0.1, -0.05) is 18.6 Å². The van der Waals surface area contributed by atoms with Crippen molar-refractivity contribution in [3.63, 3.8) is 0 Å². The maximum absolute atomic E-state index is 13.8. The highest BCUT2D eigenvalue weighted by molar-refractivity contribution is 6.05. The van der Waals surface area contributed by atoms with E-state index in [1.54, 1.807) is 11.0 Å². The quantitative estimate of drug-likeness (QED) is 0.446. The second-order valence-electron chi connectivity index (χ2n) is 11.1. The van der Waals surface area contributed by atoms with Crippen molar-refractivity contribution in [3.05, 3.63) is 58.5 Å². The van der Waals surface area contributed by atoms with Crippen molar-refractivity contribution >= 4 is 17.7 Å². The number of amides is 3. The number of unbranched alkanes of at least 4 members (excludes halogenated alkanes) is 2. The van der Waals surface area contributed by atoms with Gasteiger partial charge in [0.15, 0.2) is 0 Å². The number of imide groups is 1. The lowest BCUT2D eigenvalue weighted by molar-refractivity contribution is -0.136. The molecule has 1 unspecified atom stereocenters. The number of likely N-dealkylation sites (tertiary alicyclic amines) is 1. The average molecular weight is 521 g/mol. The largest absolute Gasteiger partial charge is 0.476 e. The standard InChI is InChI=1S/C29H33FN4O4/c30-20-15-23-27(31-16-20)38-18-29(23)10-13-33(14-11-29)12-3-1-2-5-19-6-4-7-21-22(19)17-34(28(21)37)24-8-9-25(35)32-26(24)36/h4,6-7,15-16,24H,1-3,5,8-14,17-18H2,(H,32,35,36). The van der Waals surface area contributed by atoms with E-state index in [-0.39, 0.29) is 35.4 Å². The lowest BCUT2D eigenvalue weighted by Crippen LogP contribution is -2.52. The van der Waals surface area contributed by atoms with Crippen LogP contribution >= 0.6 is 0 Å². The molecule has 3 amide bonds. The Morgan fingerprint density at radius 2 is 1.97 bits per heavy atom. The highest BCUT2D eigenvalue weighted by Gasteiger charge is 2.44. The fourth-order valence-corrected chi connectivity index (χ4v) is 6.54. The number of halogens is 1. The molecule has 1 N–H and O–H groups in total. The first-order chi connectivity index (χ1) is 18.4. The van der Waals surface area contributed by atoms with Gasteiger partial charge in [-0.2, -0.15) is 0 Å². The van der Waals surface area contributed by atoms with Gasteiger partial charge in [0.1, 0.15) is 11.9 Å². The Morgan fingerprint density at radius 3 is 2.79 bits per heavy atom. The van der Waals surface area contributed by atoms with Crippen LogP contribution in [0, 0.1) is 5.82 Å². The molecule has 2 fully saturated rings. The number of nitrogens with one attached hydrogen (secondary N) is 1. The summed E-state index contributed by atoms with van der Waals surface area (Å²) >= 11 is 0. The van der Waals surface area contributed by atoms with Crippen LogP contribution in [0.25, 0.3) is 0 Å². The normalized spacial score (nSPS) is 22.4. The van der Waals surface area contributed by atoms with Gasteiger partial charge in [-0.15, -0.1) is 0 Å². The zero-order valence-electron chi connectivity index (χ0n) is 21.5. The summed E-state index contributed by atoms with van der Waals surface area (Å²) in [7, 11) is 0. The van der Waals surface area contributed by atoms with Crippen molar-refractivity contribution in [1.82, 2.24) is 20.1 Å². The predicted molar refractivity (Wildman–Crippen MR) is 137 cm³/mol. The van der Waals surface area contributed by atoms with E-state index < -0.39 is 6.04 Å². The average Bonchev–Trinajstić information content (AvgIpc) is 3.43. The van der Waals surface area contributed by atoms with Gasteiger partial charge in [0.25, 0.3) is 5.91 Å². The van der Waals surface area contributed by atoms with Crippen LogP contribution in [0.15, 0.2) is 30.5 Å². The zero-order valence-corrected chi connectivity index (χ0v) is 21.5. The maximum atomic E-state index is 13.8. The summed E-state index contributed by atoms with van der Waals surface area (Å²) in [6.07, 6.45) is 7.91. The number of ether oxygens (including phenoxy) is 1. The number of piperidine rings is 2. The third-order valence-electron chi connectivity index (χ3n) is 8.79. The molecule has 9 heteroatoms. The van der Waals surface area contributed by atoms with Gasteiger partial charge in [-0.3, -0.25) is 19.7 Å². The van der Waals surface area contributed by atoms with Gasteiger partial charge in [0.2, 0.25) is 17.7 Å². The molecule has 0 aliphatic carbocycles. The maximum Gasteiger partial charge on any atom is 0.255 e. The molecule has 4 aliphatic heterocycles. The number of aromatic nitrogens is 1. The minimum atomic E-state index is -0.580. The van der Waals surface area contributed by atoms with E-state index in [1.165, 1.54) is 11.8 Å². The highest BCUT2D eigenvalue weighted by atomic mass is 19.1. The lowest BCUT2D eigenvalue weighted by atomic mass is 9.75. The van der Waals surface area contributed by atoms with E-state index in [0.717, 1.165) is 69.3 Å². The van der Waals surface area contributed by atoms with Crippen LogP contribution in [0.2, 0.25) is 0 Å². The second kappa shape index (κ2) is 10.1. The minimum absolute atomic E-state index is 0.103. The van der Waals surface area contributed by atoms with E-state index in [4.69, 9.17) is 4.74 Å². The molecule has 0 saturated carbocycles. The van der Waals surface area contributed by atoms with Crippen LogP contribution in [0.1, 0.15) is 72.0 Å². The first kappa shape index (κ1) is 25.0. The van der Waals surface area contributed by atoms with E-state index >= 15 is 0 Å². The number of nitrogens with zero attached hydrogens (tertiary/aromatic N) is 3. The molecule has 38 heavy (non-hydrogen) atoms. The molecule has 2 saturated heterocycles. The second-order valence-corrected chi connectivity index (χ2v) is 11.1. The Morgan fingerprint density at radius 1 is 1.13 bits per heavy atom. The summed E-state index contributed by atoms with van der Waals surface area (Å²) in [6, 6.07) is 6.88. The lowest BCUT2D eigenvalue weighted by Gasteiger charge is -2.38. The zero-order chi connectivity index (χ0) is 26.3. The van der Waals surface area contributed by atoms with Crippen molar-refractivity contribution in [2.45, 2.75) is 69.4 Å². The third-order valence-corrected chi connectivity index (χ3v) is 8.79. The van der Waals surface area contributed by atoms with Crippen molar-refractivity contribution in [2.75, 3.05) is 26.2 Å². The third kappa shape index (κ3) is 4.57. The van der Waals surface area contributed by atoms with Crippen LogP contribution in [0.4, 0.5) is 4.39 Å². The molecule has 8 nitrogen and oxygen atoms in total. The summed E-state index contributed by atoms with van der Waals surface area (Å²) in [5.74, 6) is -0.470. The molecule has 0 radical (unpaired) electrons. The molecule has 5 heterocycles. The Balaban J connectivity index is 0.974. The molecule has 1 spiro atoms. The van der Waals surface area contributed by atoms with Crippen LogP contribution in [0.5, 0.6) is 5.88 Å². The van der Waals surface area contributed by atoms with Crippen molar-refractivity contribution in [3.8, 4) is 5.88 Å². The number of rotatable bonds is 7. The molecule has 2 aromatic rings. The highest BCUT2D eigenvalue weighted by Crippen LogP contribution is 2.44. The molecule has 0 bridgehead atoms. The fourth-order valence-electron chi connectivity index (χ4n) is 6.54. The summed E-state index contributed by atoms with van der Waals surface area (Å²) in [4.78, 5) is 45.1. The number of fused-ring (bicyclic) bond motifs is 3. The Labute approximate surface area is 221 Å². The Hall–Kier alpha value is -3.33. The topological polar surface area (TPSA) is 91.8 Å². The molecule has 1 aromatic heterocycles. The summed E-state index contributed by atoms with van der Waals surface area (Å²) in [5, 5.41) is 2.36. The minimum Gasteiger partial charge on any atom is -0.476 e. The SMILES string of the molecule is O=C1CCC(N2Cc3c(CCCCCN4CCC5(CC4)COc4ncc(F)cc45)cccc3C2=O)C(=O)N1. The van der Waals surface area contributed by atoms with E-state index in [1.807, 2.05) is 12.1 Å². The first-order valence-electron chi connectivity index (χ1n) is 13.7. The van der Waals surface area contributed by atoms with E-state index in [0.29, 0.717) is 31.0 Å². The van der Waals surface area contributed by atoms with Gasteiger partial charge in [0, 0.05) is 29.5 Å². The van der Waals surface area contributed by atoms with Crippen molar-refractivity contribution < 1.29 is 23.5 Å². The molecular formula is C29H33FN4O4. The summed E-state index contributed by atoms with van der Waals surface area (Å²) in [5.41, 5.74) is 3.71. The predicted octanol–water partition coefficient (Wildman–Crippen LogP) is 3.12. The summed E-state index contributed by atoms with van der Waals surface area (Å²) < 4.78 is 19.6. The fraction of sp³-hybridized carbons (Fsp3) is 0.517. The van der Waals surface area contributed by atoms with Crippen LogP contribution in [-0.4, -0.2) is 64.8 Å². The Bertz CT molecular complexity index is 1270. The van der Waals surface area contributed by atoms with E-state index in [2.05, 4.69) is 21.3 Å². The first-order valence-corrected chi connectivity index (χ1v) is 13.7. The van der Waals surface area contributed by atoms with Gasteiger partial charge in [0.05, 0.1) is 12.8 Å². The van der Waals surface area contributed by atoms with Gasteiger partial charge < -0.3 is 14.5 Å². The van der Waals surface area contributed by atoms with Gasteiger partial charge >= 0.3 is 0 Å². The van der Waals surface area contributed by atoms with Crippen LogP contribution < -0.4 is 10.1 Å². The van der Waals surface area contributed by atoms with Gasteiger partial charge in [-0.05, 0) is 81.4 Å². The number of aryl methyl sites for hydroxylation is 1. The van der Waals surface area contributed by atoms with Crippen molar-refractivity contribution in [2.24, 2.45) is 0 Å². The number of carbonyl (C=O) groups excluding carboxylic acids is 3. The summed E-state index contributed by atoms with van der Waals surface area (Å²) in [6.45, 7) is 4.02. The van der Waals surface area contributed by atoms with Gasteiger partial charge in [-0.25, -0.2) is 9.37 Å². The van der Waals surface area contributed by atoms with Crippen LogP contribution in [0.3, 0.4) is 0 Å². The molecule has 1 aromatic carbocycles. The molecule has 1 atom stereocenters. The smallest absolute Gasteiger partial charge is 0.255 e. The number of hydrogen-bond donors (Lipinski definition) is 1. The number of pyridine rings is 1. The molecular weight excluding hydrogens is 487 g/mol. The number of benzene rings is 1. The molecule has 6 rings (SSSR count). The van der Waals surface area contributed by atoms with E-state index in [9.17, 15) is 18.8 Å². The van der Waals surface area contributed by atoms with Crippen LogP contribution in [-0.2, 0) is 28.0 Å². The number of hydrogen-bond acceptors (Lipinski definition) is 6. The molecule has 4 aliphatic rings. The monoisotopic (exact) mass is 520 g/mol. The Kier molecular flexibility index (Phi) is 6.63. The molecule has 200 valence electrons.